The van der Waals surface area contributed by atoms with Gasteiger partial charge in [0.1, 0.15) is 10.0 Å². The maximum atomic E-state index is 10.4. The van der Waals surface area contributed by atoms with Gasteiger partial charge in [-0.05, 0) is 89.0 Å². The van der Waals surface area contributed by atoms with E-state index < -0.39 is 0 Å². The van der Waals surface area contributed by atoms with E-state index in [-0.39, 0.29) is 0 Å². The van der Waals surface area contributed by atoms with Gasteiger partial charge in [-0.2, -0.15) is 5.26 Å². The molecule has 10 rings (SSSR count). The summed E-state index contributed by atoms with van der Waals surface area (Å²) in [5.41, 5.74) is 8.02. The molecule has 0 atom stereocenters. The van der Waals surface area contributed by atoms with Crippen molar-refractivity contribution in [1.82, 2.24) is 14.5 Å². The van der Waals surface area contributed by atoms with Gasteiger partial charge in [-0.1, -0.05) is 60.7 Å². The highest BCUT2D eigenvalue weighted by atomic mass is 32.1. The Hall–Kier alpha value is -5.87. The fourth-order valence-electron chi connectivity index (χ4n) is 6.96. The molecule has 218 valence electrons. The van der Waals surface area contributed by atoms with Gasteiger partial charge in [0.25, 0.3) is 0 Å². The van der Waals surface area contributed by atoms with Crippen molar-refractivity contribution in [2.75, 3.05) is 0 Å². The lowest BCUT2D eigenvalue weighted by atomic mass is 9.96. The summed E-state index contributed by atoms with van der Waals surface area (Å²) in [5, 5.41) is 18.9. The quantitative estimate of drug-likeness (QED) is 0.182. The lowest BCUT2D eigenvalue weighted by Crippen LogP contribution is -1.97. The van der Waals surface area contributed by atoms with Crippen LogP contribution in [-0.2, 0) is 0 Å². The van der Waals surface area contributed by atoms with Gasteiger partial charge >= 0.3 is 0 Å². The predicted octanol–water partition coefficient (Wildman–Crippen LogP) is 11.5. The zero-order valence-corrected chi connectivity index (χ0v) is 26.4. The molecule has 0 radical (unpaired) electrons. The molecule has 0 amide bonds. The molecule has 0 bridgehead atoms. The number of nitriles is 1. The molecule has 0 N–H and O–H groups in total. The van der Waals surface area contributed by atoms with Crippen LogP contribution in [0.25, 0.3) is 90.6 Å². The Labute approximate surface area is 277 Å². The Kier molecular flexibility index (Phi) is 5.64. The van der Waals surface area contributed by atoms with E-state index in [1.807, 2.05) is 24.3 Å². The first-order valence-electron chi connectivity index (χ1n) is 15.4. The highest BCUT2D eigenvalue weighted by molar-refractivity contribution is 7.22. The van der Waals surface area contributed by atoms with Crippen LogP contribution in [0.3, 0.4) is 0 Å². The van der Waals surface area contributed by atoms with E-state index in [9.17, 15) is 5.26 Å². The first-order chi connectivity index (χ1) is 23.2. The van der Waals surface area contributed by atoms with Crippen molar-refractivity contribution in [3.63, 3.8) is 0 Å². The van der Waals surface area contributed by atoms with Crippen molar-refractivity contribution in [3.8, 4) is 32.9 Å². The number of hydrogen-bond donors (Lipinski definition) is 0. The van der Waals surface area contributed by atoms with Crippen molar-refractivity contribution in [3.05, 3.63) is 139 Å². The molecule has 4 nitrogen and oxygen atoms in total. The Morgan fingerprint density at radius 3 is 1.72 bits per heavy atom. The van der Waals surface area contributed by atoms with Crippen LogP contribution in [0.4, 0.5) is 0 Å². The maximum absolute atomic E-state index is 10.4. The smallest absolute Gasteiger partial charge is 0.124 e. The summed E-state index contributed by atoms with van der Waals surface area (Å²) in [6.45, 7) is 0. The molecule has 0 aliphatic rings. The van der Waals surface area contributed by atoms with E-state index in [2.05, 4.69) is 120 Å². The van der Waals surface area contributed by atoms with Crippen molar-refractivity contribution in [1.29, 1.82) is 5.26 Å². The topological polar surface area (TPSA) is 54.5 Å². The van der Waals surface area contributed by atoms with E-state index in [1.54, 1.807) is 22.7 Å². The van der Waals surface area contributed by atoms with Crippen LogP contribution in [0.1, 0.15) is 5.56 Å². The maximum Gasteiger partial charge on any atom is 0.124 e. The standard InChI is InChI=1S/C41H22N4S2/c42-23-27-20-24-8-1-2-9-28(24)29-10-7-13-36(39(27)29)45-34-18-16-25(40-43-32-11-3-5-14-37(32)46-40)21-30(34)31-22-26(17-19-35(31)45)41-44-33-12-4-6-15-38(33)47-41/h1-22H. The molecular formula is C41H22N4S2. The summed E-state index contributed by atoms with van der Waals surface area (Å²) in [4.78, 5) is 9.97. The molecule has 0 aliphatic carbocycles. The predicted molar refractivity (Wildman–Crippen MR) is 198 cm³/mol. The van der Waals surface area contributed by atoms with Gasteiger partial charge < -0.3 is 4.57 Å². The lowest BCUT2D eigenvalue weighted by molar-refractivity contribution is 1.20. The van der Waals surface area contributed by atoms with Crippen LogP contribution in [0.5, 0.6) is 0 Å². The minimum absolute atomic E-state index is 0.668. The normalized spacial score (nSPS) is 11.8. The Morgan fingerprint density at radius 2 is 1.11 bits per heavy atom. The largest absolute Gasteiger partial charge is 0.309 e. The molecule has 0 saturated heterocycles. The molecule has 7 aromatic carbocycles. The summed E-state index contributed by atoms with van der Waals surface area (Å²) >= 11 is 3.43. The molecule has 3 heterocycles. The van der Waals surface area contributed by atoms with Gasteiger partial charge in [0.05, 0.1) is 48.8 Å². The van der Waals surface area contributed by atoms with Crippen LogP contribution in [0.15, 0.2) is 133 Å². The summed E-state index contributed by atoms with van der Waals surface area (Å²) < 4.78 is 4.68. The molecule has 0 spiro atoms. The van der Waals surface area contributed by atoms with Gasteiger partial charge in [0, 0.05) is 27.3 Å². The van der Waals surface area contributed by atoms with Gasteiger partial charge in [-0.15, -0.1) is 22.7 Å². The number of nitrogens with zero attached hydrogens (tertiary/aromatic N) is 4. The first-order valence-corrected chi connectivity index (χ1v) is 17.0. The van der Waals surface area contributed by atoms with Gasteiger partial charge in [0.15, 0.2) is 0 Å². The number of aromatic nitrogens is 3. The average Bonchev–Trinajstić information content (AvgIpc) is 3.84. The zero-order chi connectivity index (χ0) is 31.1. The fourth-order valence-corrected chi connectivity index (χ4v) is 8.88. The van der Waals surface area contributed by atoms with Crippen molar-refractivity contribution < 1.29 is 0 Å². The zero-order valence-electron chi connectivity index (χ0n) is 24.8. The molecule has 47 heavy (non-hydrogen) atoms. The number of rotatable bonds is 3. The van der Waals surface area contributed by atoms with Gasteiger partial charge in [-0.3, -0.25) is 0 Å². The fraction of sp³-hybridized carbons (Fsp3) is 0. The molecule has 3 aromatic heterocycles. The number of thiazole rings is 2. The second-order valence-electron chi connectivity index (χ2n) is 11.7. The summed E-state index contributed by atoms with van der Waals surface area (Å²) in [5.74, 6) is 0. The third kappa shape index (κ3) is 3.98. The molecule has 0 fully saturated rings. The highest BCUT2D eigenvalue weighted by Gasteiger charge is 2.20. The Bertz CT molecular complexity index is 2740. The molecule has 0 aliphatic heterocycles. The number of fused-ring (bicyclic) bond motifs is 8. The second-order valence-corrected chi connectivity index (χ2v) is 13.8. The van der Waals surface area contributed by atoms with Crippen LogP contribution >= 0.6 is 22.7 Å². The molecule has 10 aromatic rings. The summed E-state index contributed by atoms with van der Waals surface area (Å²) in [6.07, 6.45) is 0. The van der Waals surface area contributed by atoms with Crippen molar-refractivity contribution in [2.45, 2.75) is 0 Å². The van der Waals surface area contributed by atoms with Crippen molar-refractivity contribution in [2.24, 2.45) is 0 Å². The second kappa shape index (κ2) is 10.1. The number of benzene rings is 7. The average molecular weight is 635 g/mol. The first kappa shape index (κ1) is 26.4. The van der Waals surface area contributed by atoms with Gasteiger partial charge in [-0.25, -0.2) is 9.97 Å². The number of para-hydroxylation sites is 2. The number of hydrogen-bond acceptors (Lipinski definition) is 5. The third-order valence-corrected chi connectivity index (χ3v) is 11.2. The van der Waals surface area contributed by atoms with Crippen LogP contribution < -0.4 is 0 Å². The van der Waals surface area contributed by atoms with E-state index in [4.69, 9.17) is 9.97 Å². The lowest BCUT2D eigenvalue weighted by Gasteiger charge is -2.14. The SMILES string of the molecule is N#Cc1cc2ccccc2c2cccc(-n3c4ccc(-c5nc6ccccc6s5)cc4c4cc(-c5nc6ccccc6s5)ccc43)c12. The summed E-state index contributed by atoms with van der Waals surface area (Å²) in [6, 6.07) is 49.1. The minimum Gasteiger partial charge on any atom is -0.309 e. The monoisotopic (exact) mass is 634 g/mol. The van der Waals surface area contributed by atoms with E-state index in [0.29, 0.717) is 5.56 Å². The Morgan fingerprint density at radius 1 is 0.532 bits per heavy atom. The van der Waals surface area contributed by atoms with E-state index in [1.165, 1.54) is 9.40 Å². The van der Waals surface area contributed by atoms with Crippen molar-refractivity contribution >= 4 is 86.5 Å². The molecular weight excluding hydrogens is 613 g/mol. The molecule has 0 saturated carbocycles. The molecule has 6 heteroatoms. The minimum atomic E-state index is 0.668. The van der Waals surface area contributed by atoms with Crippen LogP contribution in [0, 0.1) is 11.3 Å². The van der Waals surface area contributed by atoms with Crippen LogP contribution in [0.2, 0.25) is 0 Å². The Balaban J connectivity index is 1.29. The van der Waals surface area contributed by atoms with Crippen LogP contribution in [-0.4, -0.2) is 14.5 Å². The highest BCUT2D eigenvalue weighted by Crippen LogP contribution is 2.42. The van der Waals surface area contributed by atoms with Gasteiger partial charge in [0.2, 0.25) is 0 Å². The third-order valence-electron chi connectivity index (χ3n) is 9.07. The van der Waals surface area contributed by atoms with E-state index in [0.717, 1.165) is 81.2 Å². The summed E-state index contributed by atoms with van der Waals surface area (Å²) in [7, 11) is 0. The van der Waals surface area contributed by atoms with E-state index >= 15 is 0 Å². The molecule has 0 unspecified atom stereocenters.